The van der Waals surface area contributed by atoms with Crippen LogP contribution in [0.5, 0.6) is 0 Å². The van der Waals surface area contributed by atoms with Gasteiger partial charge in [0, 0.05) is 13.2 Å². The predicted octanol–water partition coefficient (Wildman–Crippen LogP) is 10.1. The summed E-state index contributed by atoms with van der Waals surface area (Å²) in [7, 11) is 0. The van der Waals surface area contributed by atoms with Crippen LogP contribution in [0.15, 0.2) is 109 Å². The summed E-state index contributed by atoms with van der Waals surface area (Å²) in [5.74, 6) is 0.499. The molecule has 47 heavy (non-hydrogen) atoms. The average Bonchev–Trinajstić information content (AvgIpc) is 3.02. The van der Waals surface area contributed by atoms with Crippen molar-refractivity contribution in [3.05, 3.63) is 167 Å². The van der Waals surface area contributed by atoms with E-state index >= 15 is 0 Å². The largest absolute Gasteiger partial charge is 4.00 e. The molecule has 0 aromatic heterocycles. The molecule has 0 saturated heterocycles. The standard InChI is InChI=1S/C28H38N2O2.2C7H7.Zr/c1-27(2,3)31-17-15-29-25-23-19-11-7-9-13-21(19)24(22-14-10-8-12-20(22)23)26(25)30-16-18-32-28(4,5)6;2*1-7-5-3-2-4-6-7;/h7-14,23-26H,15-18H2,1-6H3;2*2-6H,1H2;/q-2;2*-1;+4/t23?,24?,25-,26-;;;/m1.../s1. The zero-order valence-electron chi connectivity index (χ0n) is 29.2. The Hall–Kier alpha value is -2.66. The summed E-state index contributed by atoms with van der Waals surface area (Å²) in [6.45, 7) is 22.7. The molecule has 4 nitrogen and oxygen atoms in total. The van der Waals surface area contributed by atoms with Gasteiger partial charge < -0.3 is 20.1 Å². The van der Waals surface area contributed by atoms with Gasteiger partial charge in [-0.3, -0.25) is 0 Å². The first-order chi connectivity index (χ1) is 21.9. The van der Waals surface area contributed by atoms with Gasteiger partial charge >= 0.3 is 26.2 Å². The first-order valence-electron chi connectivity index (χ1n) is 16.5. The molecule has 2 bridgehead atoms. The van der Waals surface area contributed by atoms with E-state index in [1.165, 1.54) is 22.3 Å². The summed E-state index contributed by atoms with van der Waals surface area (Å²) in [5, 5.41) is 10.4. The number of ether oxygens (including phenoxy) is 2. The molecule has 0 N–H and O–H groups in total. The molecular weight excluding hydrogens is 656 g/mol. The maximum absolute atomic E-state index is 5.97. The van der Waals surface area contributed by atoms with Crippen LogP contribution in [-0.2, 0) is 35.7 Å². The maximum Gasteiger partial charge on any atom is 4.00 e. The molecule has 246 valence electrons. The zero-order chi connectivity index (χ0) is 33.2. The third-order valence-corrected chi connectivity index (χ3v) is 7.98. The Morgan fingerprint density at radius 3 is 1.00 bits per heavy atom. The van der Waals surface area contributed by atoms with Crippen molar-refractivity contribution in [3.8, 4) is 0 Å². The molecule has 0 spiro atoms. The molecule has 0 amide bonds. The minimum atomic E-state index is -0.144. The van der Waals surface area contributed by atoms with E-state index in [-0.39, 0.29) is 61.3 Å². The van der Waals surface area contributed by atoms with Crippen molar-refractivity contribution in [2.75, 3.05) is 26.3 Å². The van der Waals surface area contributed by atoms with E-state index in [0.29, 0.717) is 26.3 Å². The third-order valence-electron chi connectivity index (χ3n) is 7.98. The van der Waals surface area contributed by atoms with Gasteiger partial charge in [0.15, 0.2) is 0 Å². The van der Waals surface area contributed by atoms with Crippen molar-refractivity contribution in [2.24, 2.45) is 0 Å². The van der Waals surface area contributed by atoms with Gasteiger partial charge in [0.2, 0.25) is 0 Å². The summed E-state index contributed by atoms with van der Waals surface area (Å²) in [5.41, 5.74) is 7.52. The molecular formula is C42H52N2O2Zr. The number of hydrogen-bond acceptors (Lipinski definition) is 2. The van der Waals surface area contributed by atoms with E-state index in [0.717, 1.165) is 11.1 Å². The number of hydrogen-bond donors (Lipinski definition) is 0. The predicted molar refractivity (Wildman–Crippen MR) is 194 cm³/mol. The number of benzene rings is 4. The van der Waals surface area contributed by atoms with Crippen LogP contribution in [0, 0.1) is 13.8 Å². The van der Waals surface area contributed by atoms with Gasteiger partial charge in [0.1, 0.15) is 0 Å². The zero-order valence-corrected chi connectivity index (χ0v) is 31.6. The van der Waals surface area contributed by atoms with Gasteiger partial charge in [0.05, 0.1) is 11.2 Å². The van der Waals surface area contributed by atoms with Gasteiger partial charge in [0.25, 0.3) is 0 Å². The second-order valence-electron chi connectivity index (χ2n) is 13.9. The number of rotatable bonds is 8. The molecule has 0 unspecified atom stereocenters. The fourth-order valence-electron chi connectivity index (χ4n) is 6.11. The normalized spacial score (nSPS) is 19.1. The van der Waals surface area contributed by atoms with Crippen LogP contribution in [-0.4, -0.2) is 49.6 Å². The average molecular weight is 708 g/mol. The monoisotopic (exact) mass is 706 g/mol. The van der Waals surface area contributed by atoms with E-state index < -0.39 is 0 Å². The van der Waals surface area contributed by atoms with Crippen molar-refractivity contribution in [1.29, 1.82) is 0 Å². The Morgan fingerprint density at radius 1 is 0.489 bits per heavy atom. The van der Waals surface area contributed by atoms with Crippen molar-refractivity contribution >= 4 is 0 Å². The van der Waals surface area contributed by atoms with Crippen LogP contribution >= 0.6 is 0 Å². The van der Waals surface area contributed by atoms with Crippen molar-refractivity contribution in [3.63, 3.8) is 0 Å². The molecule has 0 saturated carbocycles. The summed E-state index contributed by atoms with van der Waals surface area (Å²) >= 11 is 0. The van der Waals surface area contributed by atoms with Gasteiger partial charge in [-0.1, -0.05) is 60.7 Å². The molecule has 7 rings (SSSR count). The molecule has 3 aliphatic rings. The molecule has 3 aliphatic carbocycles. The summed E-state index contributed by atoms with van der Waals surface area (Å²) in [6.07, 6.45) is 0. The Morgan fingerprint density at radius 2 is 0.766 bits per heavy atom. The van der Waals surface area contributed by atoms with Crippen LogP contribution in [0.25, 0.3) is 10.6 Å². The molecule has 2 atom stereocenters. The fourth-order valence-corrected chi connectivity index (χ4v) is 6.11. The topological polar surface area (TPSA) is 46.7 Å². The Kier molecular flexibility index (Phi) is 15.0. The molecule has 4 aromatic rings. The molecule has 0 heterocycles. The molecule has 0 radical (unpaired) electrons. The maximum atomic E-state index is 5.97. The summed E-state index contributed by atoms with van der Waals surface area (Å²) < 4.78 is 11.9. The smallest absolute Gasteiger partial charge is 0.658 e. The number of nitrogens with zero attached hydrogens (tertiary/aromatic N) is 2. The van der Waals surface area contributed by atoms with Crippen molar-refractivity contribution in [1.82, 2.24) is 0 Å². The first kappa shape index (κ1) is 38.8. The van der Waals surface area contributed by atoms with E-state index in [4.69, 9.17) is 20.1 Å². The number of fused-ring (bicyclic) bond motifs is 1. The summed E-state index contributed by atoms with van der Waals surface area (Å²) in [4.78, 5) is 0. The van der Waals surface area contributed by atoms with E-state index in [2.05, 4.69) is 104 Å². The fraction of sp³-hybridized carbons (Fsp3) is 0.381. The Balaban J connectivity index is 0.000000329. The molecule has 5 heteroatoms. The second-order valence-corrected chi connectivity index (χ2v) is 13.9. The van der Waals surface area contributed by atoms with E-state index in [9.17, 15) is 0 Å². The second kappa shape index (κ2) is 18.2. The van der Waals surface area contributed by atoms with Gasteiger partial charge in [-0.2, -0.15) is 49.2 Å². The van der Waals surface area contributed by atoms with Crippen LogP contribution in [0.2, 0.25) is 0 Å². The first-order valence-corrected chi connectivity index (χ1v) is 16.5. The van der Waals surface area contributed by atoms with E-state index in [1.807, 2.05) is 60.7 Å². The van der Waals surface area contributed by atoms with Gasteiger partial charge in [-0.15, -0.1) is 49.4 Å². The SMILES string of the molecule is CC(C)(C)OCC[N-][C@@H]1C2c3ccccc3C(c3ccccc32)[C@H]1[N-]CCOC(C)(C)C.[CH2-]c1ccccc1.[CH2-]c1ccccc1.[Zr+4]. The van der Waals surface area contributed by atoms with Crippen molar-refractivity contribution < 1.29 is 35.7 Å². The van der Waals surface area contributed by atoms with E-state index in [1.54, 1.807) is 0 Å². The van der Waals surface area contributed by atoms with Crippen LogP contribution in [0.4, 0.5) is 0 Å². The van der Waals surface area contributed by atoms with Crippen LogP contribution in [0.1, 0.15) is 86.8 Å². The molecule has 0 fully saturated rings. The molecule has 0 aliphatic heterocycles. The quantitative estimate of drug-likeness (QED) is 0.135. The van der Waals surface area contributed by atoms with Crippen LogP contribution in [0.3, 0.4) is 0 Å². The van der Waals surface area contributed by atoms with Gasteiger partial charge in [-0.05, 0) is 75.6 Å². The van der Waals surface area contributed by atoms with Crippen molar-refractivity contribution in [2.45, 2.75) is 76.7 Å². The van der Waals surface area contributed by atoms with Crippen LogP contribution < -0.4 is 0 Å². The Labute approximate surface area is 304 Å². The van der Waals surface area contributed by atoms with Gasteiger partial charge in [-0.25, -0.2) is 0 Å². The Bertz CT molecular complexity index is 1300. The molecule has 4 aromatic carbocycles. The third kappa shape index (κ3) is 11.8. The minimum absolute atomic E-state index is 0. The summed E-state index contributed by atoms with van der Waals surface area (Å²) in [6, 6.07) is 37.8. The minimum Gasteiger partial charge on any atom is -0.658 e.